The molecule has 110 valence electrons. The molecule has 4 nitrogen and oxygen atoms in total. The SMILES string of the molecule is CCN1CCN([C@@H](C)C(=O)N2CCC(C)CC2)CC1. The Morgan fingerprint density at radius 1 is 1.11 bits per heavy atom. The molecule has 2 heterocycles. The third kappa shape index (κ3) is 3.69. The third-order valence-corrected chi connectivity index (χ3v) is 4.85. The monoisotopic (exact) mass is 267 g/mol. The highest BCUT2D eigenvalue weighted by atomic mass is 16.2. The zero-order valence-corrected chi connectivity index (χ0v) is 12.8. The highest BCUT2D eigenvalue weighted by Crippen LogP contribution is 2.18. The molecule has 4 heteroatoms. The van der Waals surface area contributed by atoms with Gasteiger partial charge in [-0.1, -0.05) is 13.8 Å². The molecule has 0 radical (unpaired) electrons. The minimum absolute atomic E-state index is 0.0624. The molecule has 1 amide bonds. The number of hydrogen-bond donors (Lipinski definition) is 0. The van der Waals surface area contributed by atoms with Gasteiger partial charge in [-0.3, -0.25) is 9.69 Å². The van der Waals surface area contributed by atoms with E-state index < -0.39 is 0 Å². The number of carbonyl (C=O) groups excluding carboxylic acids is 1. The maximum Gasteiger partial charge on any atom is 0.239 e. The smallest absolute Gasteiger partial charge is 0.239 e. The number of amides is 1. The molecule has 0 aromatic heterocycles. The first kappa shape index (κ1) is 14.8. The van der Waals surface area contributed by atoms with Crippen molar-refractivity contribution in [3.63, 3.8) is 0 Å². The van der Waals surface area contributed by atoms with Crippen LogP contribution in [0.2, 0.25) is 0 Å². The highest BCUT2D eigenvalue weighted by molar-refractivity contribution is 5.81. The molecule has 0 spiro atoms. The van der Waals surface area contributed by atoms with Crippen LogP contribution in [0.1, 0.15) is 33.6 Å². The summed E-state index contributed by atoms with van der Waals surface area (Å²) in [5.74, 6) is 1.13. The largest absolute Gasteiger partial charge is 0.341 e. The number of piperazine rings is 1. The number of piperidine rings is 1. The maximum atomic E-state index is 12.5. The van der Waals surface area contributed by atoms with Crippen molar-refractivity contribution in [3.8, 4) is 0 Å². The van der Waals surface area contributed by atoms with Crippen LogP contribution in [0.25, 0.3) is 0 Å². The van der Waals surface area contributed by atoms with Gasteiger partial charge in [0.1, 0.15) is 0 Å². The van der Waals surface area contributed by atoms with Gasteiger partial charge in [-0.25, -0.2) is 0 Å². The zero-order chi connectivity index (χ0) is 13.8. The second-order valence-electron chi connectivity index (χ2n) is 6.15. The molecule has 0 saturated carbocycles. The fourth-order valence-electron chi connectivity index (χ4n) is 3.12. The van der Waals surface area contributed by atoms with Gasteiger partial charge in [0.05, 0.1) is 6.04 Å². The van der Waals surface area contributed by atoms with Crippen LogP contribution in [0.5, 0.6) is 0 Å². The fraction of sp³-hybridized carbons (Fsp3) is 0.933. The van der Waals surface area contributed by atoms with Crippen molar-refractivity contribution in [1.29, 1.82) is 0 Å². The van der Waals surface area contributed by atoms with Gasteiger partial charge in [-0.15, -0.1) is 0 Å². The number of rotatable bonds is 3. The van der Waals surface area contributed by atoms with Crippen LogP contribution in [0, 0.1) is 5.92 Å². The van der Waals surface area contributed by atoms with E-state index in [0.29, 0.717) is 5.91 Å². The lowest BCUT2D eigenvalue weighted by atomic mass is 9.98. The molecule has 2 aliphatic heterocycles. The Bertz CT molecular complexity index is 292. The van der Waals surface area contributed by atoms with E-state index in [2.05, 4.69) is 35.5 Å². The zero-order valence-electron chi connectivity index (χ0n) is 12.8. The summed E-state index contributed by atoms with van der Waals surface area (Å²) in [4.78, 5) is 19.4. The molecule has 0 N–H and O–H groups in total. The van der Waals surface area contributed by atoms with E-state index in [4.69, 9.17) is 0 Å². The molecule has 0 aliphatic carbocycles. The molecule has 0 unspecified atom stereocenters. The van der Waals surface area contributed by atoms with Gasteiger partial charge in [0, 0.05) is 39.3 Å². The normalized spacial score (nSPS) is 25.5. The highest BCUT2D eigenvalue weighted by Gasteiger charge is 2.29. The molecular weight excluding hydrogens is 238 g/mol. The Kier molecular flexibility index (Phi) is 5.22. The van der Waals surface area contributed by atoms with Gasteiger partial charge >= 0.3 is 0 Å². The van der Waals surface area contributed by atoms with Crippen LogP contribution < -0.4 is 0 Å². The summed E-state index contributed by atoms with van der Waals surface area (Å²) >= 11 is 0. The first-order chi connectivity index (χ1) is 9.11. The number of carbonyl (C=O) groups is 1. The van der Waals surface area contributed by atoms with E-state index in [0.717, 1.165) is 51.7 Å². The Labute approximate surface area is 117 Å². The Morgan fingerprint density at radius 3 is 2.21 bits per heavy atom. The quantitative estimate of drug-likeness (QED) is 0.770. The first-order valence-electron chi connectivity index (χ1n) is 7.87. The van der Waals surface area contributed by atoms with Crippen molar-refractivity contribution in [1.82, 2.24) is 14.7 Å². The van der Waals surface area contributed by atoms with E-state index in [1.807, 2.05) is 0 Å². The second-order valence-corrected chi connectivity index (χ2v) is 6.15. The van der Waals surface area contributed by atoms with Crippen LogP contribution in [0.4, 0.5) is 0 Å². The molecule has 2 rings (SSSR count). The Morgan fingerprint density at radius 2 is 1.68 bits per heavy atom. The standard InChI is InChI=1S/C15H29N3O/c1-4-16-9-11-17(12-10-16)14(3)15(19)18-7-5-13(2)6-8-18/h13-14H,4-12H2,1-3H3/t14-/m0/s1. The van der Waals surface area contributed by atoms with Gasteiger partial charge in [0.15, 0.2) is 0 Å². The summed E-state index contributed by atoms with van der Waals surface area (Å²) in [6, 6.07) is 0.0624. The van der Waals surface area contributed by atoms with Gasteiger partial charge < -0.3 is 9.80 Å². The second kappa shape index (κ2) is 6.71. The molecule has 1 atom stereocenters. The van der Waals surface area contributed by atoms with Crippen LogP contribution in [0.15, 0.2) is 0 Å². The summed E-state index contributed by atoms with van der Waals surface area (Å²) in [6.45, 7) is 13.9. The lowest BCUT2D eigenvalue weighted by molar-refractivity contribution is -0.138. The minimum Gasteiger partial charge on any atom is -0.341 e. The van der Waals surface area contributed by atoms with Crippen LogP contribution >= 0.6 is 0 Å². The van der Waals surface area contributed by atoms with Crippen LogP contribution in [0.3, 0.4) is 0 Å². The first-order valence-corrected chi connectivity index (χ1v) is 7.87. The summed E-state index contributed by atoms with van der Waals surface area (Å²) in [5, 5.41) is 0. The number of hydrogen-bond acceptors (Lipinski definition) is 3. The number of nitrogens with zero attached hydrogens (tertiary/aromatic N) is 3. The van der Waals surface area contributed by atoms with Crippen LogP contribution in [-0.2, 0) is 4.79 Å². The van der Waals surface area contributed by atoms with Crippen molar-refractivity contribution in [2.75, 3.05) is 45.8 Å². The van der Waals surface area contributed by atoms with E-state index in [9.17, 15) is 4.79 Å². The molecule has 2 fully saturated rings. The Balaban J connectivity index is 1.82. The summed E-state index contributed by atoms with van der Waals surface area (Å²) in [7, 11) is 0. The predicted molar refractivity (Wildman–Crippen MR) is 78.1 cm³/mol. The minimum atomic E-state index is 0.0624. The molecule has 0 bridgehead atoms. The van der Waals surface area contributed by atoms with Gasteiger partial charge in [0.2, 0.25) is 5.91 Å². The third-order valence-electron chi connectivity index (χ3n) is 4.85. The maximum absolute atomic E-state index is 12.5. The molecule has 0 aromatic carbocycles. The average molecular weight is 267 g/mol. The van der Waals surface area contributed by atoms with Gasteiger partial charge in [0.25, 0.3) is 0 Å². The van der Waals surface area contributed by atoms with Crippen molar-refractivity contribution >= 4 is 5.91 Å². The predicted octanol–water partition coefficient (Wildman–Crippen LogP) is 1.27. The number of likely N-dealkylation sites (tertiary alicyclic amines) is 1. The summed E-state index contributed by atoms with van der Waals surface area (Å²) < 4.78 is 0. The lowest BCUT2D eigenvalue weighted by Crippen LogP contribution is -2.55. The van der Waals surface area contributed by atoms with Crippen LogP contribution in [-0.4, -0.2) is 72.5 Å². The Hall–Kier alpha value is -0.610. The molecule has 0 aromatic rings. The van der Waals surface area contributed by atoms with E-state index >= 15 is 0 Å². The topological polar surface area (TPSA) is 26.8 Å². The van der Waals surface area contributed by atoms with E-state index in [-0.39, 0.29) is 6.04 Å². The van der Waals surface area contributed by atoms with Crippen molar-refractivity contribution in [2.45, 2.75) is 39.7 Å². The van der Waals surface area contributed by atoms with Gasteiger partial charge in [-0.2, -0.15) is 0 Å². The van der Waals surface area contributed by atoms with Crippen molar-refractivity contribution in [3.05, 3.63) is 0 Å². The van der Waals surface area contributed by atoms with E-state index in [1.165, 1.54) is 12.8 Å². The molecule has 19 heavy (non-hydrogen) atoms. The fourth-order valence-corrected chi connectivity index (χ4v) is 3.12. The number of likely N-dealkylation sites (N-methyl/N-ethyl adjacent to an activating group) is 1. The molecular formula is C15H29N3O. The van der Waals surface area contributed by atoms with Crippen molar-refractivity contribution < 1.29 is 4.79 Å². The van der Waals surface area contributed by atoms with E-state index in [1.54, 1.807) is 0 Å². The summed E-state index contributed by atoms with van der Waals surface area (Å²) in [6.07, 6.45) is 2.34. The van der Waals surface area contributed by atoms with Gasteiger partial charge in [-0.05, 0) is 32.2 Å². The summed E-state index contributed by atoms with van der Waals surface area (Å²) in [5.41, 5.74) is 0. The molecule has 2 aliphatic rings. The molecule has 2 saturated heterocycles. The van der Waals surface area contributed by atoms with Crippen molar-refractivity contribution in [2.24, 2.45) is 5.92 Å². The lowest BCUT2D eigenvalue weighted by Gasteiger charge is -2.39. The average Bonchev–Trinajstić information content (AvgIpc) is 2.46.